The lowest BCUT2D eigenvalue weighted by atomic mass is 9.98. The van der Waals surface area contributed by atoms with Crippen LogP contribution >= 0.6 is 0 Å². The molecular weight excluding hydrogens is 196 g/mol. The second-order valence-corrected chi connectivity index (χ2v) is 3.56. The van der Waals surface area contributed by atoms with Gasteiger partial charge in [-0.2, -0.15) is 0 Å². The maximum Gasteiger partial charge on any atom is 0.129 e. The molecule has 1 nitrogen and oxygen atoms in total. The van der Waals surface area contributed by atoms with Gasteiger partial charge in [-0.15, -0.1) is 0 Å². The van der Waals surface area contributed by atoms with Crippen LogP contribution in [0.25, 0.3) is 5.57 Å². The molecule has 1 aliphatic carbocycles. The molecule has 1 aliphatic rings. The number of rotatable bonds is 1. The van der Waals surface area contributed by atoms with E-state index in [1.807, 2.05) is 6.92 Å². The van der Waals surface area contributed by atoms with Gasteiger partial charge in [0.05, 0.1) is 5.57 Å². The molecule has 0 saturated heterocycles. The zero-order chi connectivity index (χ0) is 10.8. The Morgan fingerprint density at radius 2 is 2.07 bits per heavy atom. The van der Waals surface area contributed by atoms with Crippen molar-refractivity contribution in [3.63, 3.8) is 0 Å². The number of nitrogens with zero attached hydrogens (tertiary/aromatic N) is 1. The van der Waals surface area contributed by atoms with Gasteiger partial charge in [-0.1, -0.05) is 6.07 Å². The van der Waals surface area contributed by atoms with Crippen LogP contribution in [0.2, 0.25) is 0 Å². The maximum atomic E-state index is 13.5. The third-order valence-electron chi connectivity index (χ3n) is 2.40. The first kappa shape index (κ1) is 10.0. The van der Waals surface area contributed by atoms with Crippen LogP contribution in [-0.2, 0) is 0 Å². The molecule has 0 N–H and O–H groups in total. The van der Waals surface area contributed by atoms with E-state index in [0.717, 1.165) is 5.69 Å². The molecule has 1 aromatic heterocycles. The smallest absolute Gasteiger partial charge is 0.129 e. The third kappa shape index (κ3) is 1.96. The zero-order valence-electron chi connectivity index (χ0n) is 8.43. The number of pyridine rings is 1. The molecule has 3 heteroatoms. The molecule has 2 rings (SSSR count). The number of aromatic nitrogens is 1. The molecule has 0 unspecified atom stereocenters. The first-order valence-electron chi connectivity index (χ1n) is 4.86. The lowest BCUT2D eigenvalue weighted by molar-refractivity contribution is 0.567. The number of halogens is 2. The van der Waals surface area contributed by atoms with Crippen LogP contribution in [0, 0.1) is 6.92 Å². The van der Waals surface area contributed by atoms with Gasteiger partial charge in [0.15, 0.2) is 0 Å². The molecular formula is C12H11F2N. The predicted molar refractivity (Wildman–Crippen MR) is 55.4 cm³/mol. The van der Waals surface area contributed by atoms with Crippen molar-refractivity contribution in [2.45, 2.75) is 19.8 Å². The van der Waals surface area contributed by atoms with Gasteiger partial charge in [0.2, 0.25) is 0 Å². The fourth-order valence-corrected chi connectivity index (χ4v) is 1.59. The van der Waals surface area contributed by atoms with Crippen molar-refractivity contribution in [3.8, 4) is 0 Å². The van der Waals surface area contributed by atoms with Crippen molar-refractivity contribution in [3.05, 3.63) is 47.3 Å². The van der Waals surface area contributed by atoms with E-state index in [1.54, 1.807) is 12.1 Å². The average molecular weight is 207 g/mol. The highest BCUT2D eigenvalue weighted by molar-refractivity contribution is 5.78. The first-order chi connectivity index (χ1) is 7.18. The van der Waals surface area contributed by atoms with Crippen LogP contribution in [-0.4, -0.2) is 4.98 Å². The van der Waals surface area contributed by atoms with E-state index >= 15 is 0 Å². The minimum Gasteiger partial charge on any atom is -0.261 e. The second-order valence-electron chi connectivity index (χ2n) is 3.56. The molecule has 0 fully saturated rings. The fraction of sp³-hybridized carbons (Fsp3) is 0.250. The predicted octanol–water partition coefficient (Wildman–Crippen LogP) is 3.72. The molecule has 0 amide bonds. The Hall–Kier alpha value is -1.51. The van der Waals surface area contributed by atoms with Crippen LogP contribution in [0.4, 0.5) is 8.78 Å². The fourth-order valence-electron chi connectivity index (χ4n) is 1.59. The molecule has 1 heterocycles. The van der Waals surface area contributed by atoms with Crippen molar-refractivity contribution >= 4 is 5.57 Å². The van der Waals surface area contributed by atoms with E-state index in [9.17, 15) is 8.78 Å². The average Bonchev–Trinajstić information content (AvgIpc) is 2.20. The highest BCUT2D eigenvalue weighted by Gasteiger charge is 2.17. The summed E-state index contributed by atoms with van der Waals surface area (Å²) in [6.45, 7) is 1.83. The Morgan fingerprint density at radius 1 is 1.27 bits per heavy atom. The normalized spacial score (nSPS) is 16.6. The molecule has 15 heavy (non-hydrogen) atoms. The van der Waals surface area contributed by atoms with E-state index < -0.39 is 5.83 Å². The summed E-state index contributed by atoms with van der Waals surface area (Å²) >= 11 is 0. The Labute approximate surface area is 87.2 Å². The monoisotopic (exact) mass is 207 g/mol. The van der Waals surface area contributed by atoms with Gasteiger partial charge in [-0.05, 0) is 25.5 Å². The van der Waals surface area contributed by atoms with Crippen LogP contribution in [0.3, 0.4) is 0 Å². The number of hydrogen-bond donors (Lipinski definition) is 0. The summed E-state index contributed by atoms with van der Waals surface area (Å²) in [5.74, 6) is -0.870. The van der Waals surface area contributed by atoms with Crippen LogP contribution < -0.4 is 0 Å². The largest absolute Gasteiger partial charge is 0.261 e. The maximum absolute atomic E-state index is 13.5. The Kier molecular flexibility index (Phi) is 2.62. The molecule has 0 aromatic carbocycles. The van der Waals surface area contributed by atoms with Gasteiger partial charge in [0.1, 0.15) is 11.7 Å². The quantitative estimate of drug-likeness (QED) is 0.684. The SMILES string of the molecule is Cc1ccc(C2=C(F)CCC=C2F)cn1. The van der Waals surface area contributed by atoms with E-state index in [4.69, 9.17) is 0 Å². The van der Waals surface area contributed by atoms with E-state index in [-0.39, 0.29) is 17.8 Å². The van der Waals surface area contributed by atoms with Gasteiger partial charge in [0.25, 0.3) is 0 Å². The summed E-state index contributed by atoms with van der Waals surface area (Å²) in [5, 5.41) is 0. The summed E-state index contributed by atoms with van der Waals surface area (Å²) in [4.78, 5) is 4.03. The Bertz CT molecular complexity index is 429. The van der Waals surface area contributed by atoms with Crippen molar-refractivity contribution < 1.29 is 8.78 Å². The van der Waals surface area contributed by atoms with Gasteiger partial charge < -0.3 is 0 Å². The van der Waals surface area contributed by atoms with Crippen molar-refractivity contribution in [1.82, 2.24) is 4.98 Å². The summed E-state index contributed by atoms with van der Waals surface area (Å²) in [7, 11) is 0. The minimum atomic E-state index is -0.482. The number of aryl methyl sites for hydroxylation is 1. The van der Waals surface area contributed by atoms with Crippen molar-refractivity contribution in [2.75, 3.05) is 0 Å². The molecule has 1 aromatic rings. The number of hydrogen-bond acceptors (Lipinski definition) is 1. The molecule has 0 bridgehead atoms. The Morgan fingerprint density at radius 3 is 2.67 bits per heavy atom. The molecule has 0 spiro atoms. The van der Waals surface area contributed by atoms with Crippen LogP contribution in [0.15, 0.2) is 36.1 Å². The second kappa shape index (κ2) is 3.93. The van der Waals surface area contributed by atoms with E-state index in [1.165, 1.54) is 12.3 Å². The van der Waals surface area contributed by atoms with Gasteiger partial charge in [0, 0.05) is 23.9 Å². The summed E-state index contributed by atoms with van der Waals surface area (Å²) in [5.41, 5.74) is 1.40. The molecule has 0 aliphatic heterocycles. The highest BCUT2D eigenvalue weighted by Crippen LogP contribution is 2.34. The summed E-state index contributed by atoms with van der Waals surface area (Å²) in [6, 6.07) is 3.44. The van der Waals surface area contributed by atoms with Gasteiger partial charge >= 0.3 is 0 Å². The van der Waals surface area contributed by atoms with Crippen molar-refractivity contribution in [1.29, 1.82) is 0 Å². The summed E-state index contributed by atoms with van der Waals surface area (Å²) in [6.07, 6.45) is 3.62. The molecule has 0 saturated carbocycles. The Balaban J connectivity index is 2.46. The van der Waals surface area contributed by atoms with Crippen molar-refractivity contribution in [2.24, 2.45) is 0 Å². The zero-order valence-corrected chi connectivity index (χ0v) is 8.43. The number of allylic oxidation sites excluding steroid dienone is 4. The first-order valence-corrected chi connectivity index (χ1v) is 4.86. The topological polar surface area (TPSA) is 12.9 Å². The lowest BCUT2D eigenvalue weighted by Crippen LogP contribution is -1.96. The minimum absolute atomic E-state index is 0.0637. The van der Waals surface area contributed by atoms with Crippen LogP contribution in [0.5, 0.6) is 0 Å². The third-order valence-corrected chi connectivity index (χ3v) is 2.40. The van der Waals surface area contributed by atoms with E-state index in [0.29, 0.717) is 12.0 Å². The molecule has 0 atom stereocenters. The molecule has 0 radical (unpaired) electrons. The standard InChI is InChI=1S/C12H11F2N/c1-8-5-6-9(7-15-8)12-10(13)3-2-4-11(12)14/h3,5-7H,2,4H2,1H3. The van der Waals surface area contributed by atoms with Gasteiger partial charge in [-0.25, -0.2) is 8.78 Å². The van der Waals surface area contributed by atoms with E-state index in [2.05, 4.69) is 4.98 Å². The molecule has 78 valence electrons. The van der Waals surface area contributed by atoms with Crippen LogP contribution in [0.1, 0.15) is 24.1 Å². The van der Waals surface area contributed by atoms with Gasteiger partial charge in [-0.3, -0.25) is 4.98 Å². The summed E-state index contributed by atoms with van der Waals surface area (Å²) < 4.78 is 26.9. The highest BCUT2D eigenvalue weighted by atomic mass is 19.1. The lowest BCUT2D eigenvalue weighted by Gasteiger charge is -2.12.